The maximum atomic E-state index is 11.7. The Labute approximate surface area is 92.1 Å². The lowest BCUT2D eigenvalue weighted by atomic mass is 10.0. The third-order valence-electron chi connectivity index (χ3n) is 2.93. The standard InChI is InChI=1S/C10H21NO3S/c1-10(6-2-3-7-10)11-15(13,14)9-5-4-8-12/h11-12H,2-9H2,1H3. The molecule has 4 nitrogen and oxygen atoms in total. The zero-order valence-electron chi connectivity index (χ0n) is 9.33. The highest BCUT2D eigenvalue weighted by atomic mass is 32.2. The summed E-state index contributed by atoms with van der Waals surface area (Å²) >= 11 is 0. The molecule has 0 aromatic rings. The van der Waals surface area contributed by atoms with Gasteiger partial charge in [-0.3, -0.25) is 0 Å². The normalized spacial score (nSPS) is 20.7. The highest BCUT2D eigenvalue weighted by Gasteiger charge is 2.32. The van der Waals surface area contributed by atoms with Crippen LogP contribution < -0.4 is 4.72 Å². The van der Waals surface area contributed by atoms with Gasteiger partial charge in [-0.05, 0) is 32.6 Å². The van der Waals surface area contributed by atoms with Crippen LogP contribution in [0.1, 0.15) is 45.4 Å². The molecule has 0 aliphatic heterocycles. The van der Waals surface area contributed by atoms with Gasteiger partial charge in [0.05, 0.1) is 5.75 Å². The van der Waals surface area contributed by atoms with Crippen LogP contribution in [0.5, 0.6) is 0 Å². The monoisotopic (exact) mass is 235 g/mol. The Morgan fingerprint density at radius 3 is 2.40 bits per heavy atom. The van der Waals surface area contributed by atoms with Crippen molar-refractivity contribution in [2.45, 2.75) is 51.0 Å². The first kappa shape index (κ1) is 12.9. The number of hydrogen-bond acceptors (Lipinski definition) is 3. The molecule has 90 valence electrons. The highest BCUT2D eigenvalue weighted by Crippen LogP contribution is 2.29. The number of aliphatic hydroxyl groups excluding tert-OH is 1. The Hall–Kier alpha value is -0.130. The van der Waals surface area contributed by atoms with Crippen molar-refractivity contribution in [1.29, 1.82) is 0 Å². The second kappa shape index (κ2) is 5.27. The van der Waals surface area contributed by atoms with Gasteiger partial charge in [-0.25, -0.2) is 13.1 Å². The van der Waals surface area contributed by atoms with Crippen LogP contribution in [-0.2, 0) is 10.0 Å². The summed E-state index contributed by atoms with van der Waals surface area (Å²) in [6.07, 6.45) is 5.17. The molecule has 2 N–H and O–H groups in total. The number of hydrogen-bond donors (Lipinski definition) is 2. The Morgan fingerprint density at radius 2 is 1.87 bits per heavy atom. The zero-order valence-corrected chi connectivity index (χ0v) is 10.1. The highest BCUT2D eigenvalue weighted by molar-refractivity contribution is 7.89. The minimum absolute atomic E-state index is 0.0623. The fourth-order valence-electron chi connectivity index (χ4n) is 2.09. The van der Waals surface area contributed by atoms with E-state index in [1.807, 2.05) is 6.92 Å². The zero-order chi connectivity index (χ0) is 11.4. The topological polar surface area (TPSA) is 66.4 Å². The smallest absolute Gasteiger partial charge is 0.212 e. The molecule has 0 radical (unpaired) electrons. The molecule has 0 saturated heterocycles. The Morgan fingerprint density at radius 1 is 1.27 bits per heavy atom. The van der Waals surface area contributed by atoms with Gasteiger partial charge in [-0.15, -0.1) is 0 Å². The number of unbranched alkanes of at least 4 members (excludes halogenated alkanes) is 1. The molecule has 1 fully saturated rings. The number of sulfonamides is 1. The molecular formula is C10H21NO3S. The molecule has 0 spiro atoms. The molecule has 0 aromatic carbocycles. The van der Waals surface area contributed by atoms with Gasteiger partial charge in [0.1, 0.15) is 0 Å². The second-order valence-corrected chi connectivity index (χ2v) is 6.46. The van der Waals surface area contributed by atoms with Crippen molar-refractivity contribution in [3.05, 3.63) is 0 Å². The van der Waals surface area contributed by atoms with Gasteiger partial charge in [0.15, 0.2) is 0 Å². The number of aliphatic hydroxyl groups is 1. The predicted molar refractivity (Wildman–Crippen MR) is 60.1 cm³/mol. The molecule has 1 saturated carbocycles. The van der Waals surface area contributed by atoms with Gasteiger partial charge < -0.3 is 5.11 Å². The molecular weight excluding hydrogens is 214 g/mol. The van der Waals surface area contributed by atoms with Crippen LogP contribution in [0.3, 0.4) is 0 Å². The predicted octanol–water partition coefficient (Wildman–Crippen LogP) is 1.01. The SMILES string of the molecule is CC1(NS(=O)(=O)CCCCO)CCCC1. The van der Waals surface area contributed by atoms with Crippen molar-refractivity contribution in [3.8, 4) is 0 Å². The fourth-order valence-corrected chi connectivity index (χ4v) is 3.73. The maximum absolute atomic E-state index is 11.7. The third kappa shape index (κ3) is 4.49. The van der Waals surface area contributed by atoms with Crippen LogP contribution in [0, 0.1) is 0 Å². The summed E-state index contributed by atoms with van der Waals surface area (Å²) in [5, 5.41) is 8.58. The minimum atomic E-state index is -3.16. The first-order valence-corrected chi connectivity index (χ1v) is 7.25. The van der Waals surface area contributed by atoms with E-state index < -0.39 is 10.0 Å². The second-order valence-electron chi connectivity index (χ2n) is 4.62. The van der Waals surface area contributed by atoms with E-state index in [1.165, 1.54) is 0 Å². The van der Waals surface area contributed by atoms with E-state index in [1.54, 1.807) is 0 Å². The lowest BCUT2D eigenvalue weighted by molar-refractivity contribution is 0.287. The van der Waals surface area contributed by atoms with Crippen LogP contribution in [0.25, 0.3) is 0 Å². The van der Waals surface area contributed by atoms with Crippen LogP contribution in [0.4, 0.5) is 0 Å². The van der Waals surface area contributed by atoms with Gasteiger partial charge in [-0.1, -0.05) is 12.8 Å². The summed E-state index contributed by atoms with van der Waals surface area (Å²) in [4.78, 5) is 0. The molecule has 1 aliphatic carbocycles. The van der Waals surface area contributed by atoms with Crippen LogP contribution in [-0.4, -0.2) is 31.4 Å². The maximum Gasteiger partial charge on any atom is 0.212 e. The summed E-state index contributed by atoms with van der Waals surface area (Å²) in [5.41, 5.74) is -0.224. The molecule has 0 atom stereocenters. The molecule has 0 heterocycles. The first-order valence-electron chi connectivity index (χ1n) is 5.60. The van der Waals surface area contributed by atoms with Crippen molar-refractivity contribution >= 4 is 10.0 Å². The average Bonchev–Trinajstić information content (AvgIpc) is 2.50. The van der Waals surface area contributed by atoms with Crippen molar-refractivity contribution in [3.63, 3.8) is 0 Å². The van der Waals surface area contributed by atoms with Gasteiger partial charge in [-0.2, -0.15) is 0 Å². The van der Waals surface area contributed by atoms with E-state index in [0.717, 1.165) is 25.7 Å². The lowest BCUT2D eigenvalue weighted by Gasteiger charge is -2.24. The van der Waals surface area contributed by atoms with Crippen molar-refractivity contribution < 1.29 is 13.5 Å². The first-order chi connectivity index (χ1) is 6.97. The van der Waals surface area contributed by atoms with E-state index in [-0.39, 0.29) is 17.9 Å². The molecule has 0 unspecified atom stereocenters. The van der Waals surface area contributed by atoms with Gasteiger partial charge in [0.2, 0.25) is 10.0 Å². The molecule has 0 aromatic heterocycles. The Bertz CT molecular complexity index is 281. The van der Waals surface area contributed by atoms with E-state index >= 15 is 0 Å². The molecule has 15 heavy (non-hydrogen) atoms. The Kier molecular flexibility index (Phi) is 4.55. The minimum Gasteiger partial charge on any atom is -0.396 e. The summed E-state index contributed by atoms with van der Waals surface area (Å²) in [7, 11) is -3.16. The molecule has 1 rings (SSSR count). The van der Waals surface area contributed by atoms with E-state index in [9.17, 15) is 8.42 Å². The molecule has 0 amide bonds. The van der Waals surface area contributed by atoms with Gasteiger partial charge >= 0.3 is 0 Å². The number of nitrogens with one attached hydrogen (secondary N) is 1. The summed E-state index contributed by atoms with van der Waals surface area (Å²) in [6, 6.07) is 0. The number of rotatable bonds is 6. The van der Waals surface area contributed by atoms with Crippen LogP contribution in [0.2, 0.25) is 0 Å². The van der Waals surface area contributed by atoms with E-state index in [0.29, 0.717) is 12.8 Å². The summed E-state index contributed by atoms with van der Waals surface area (Å²) in [6.45, 7) is 2.04. The van der Waals surface area contributed by atoms with Gasteiger partial charge in [0, 0.05) is 12.1 Å². The fraction of sp³-hybridized carbons (Fsp3) is 1.00. The van der Waals surface area contributed by atoms with E-state index in [2.05, 4.69) is 4.72 Å². The van der Waals surface area contributed by atoms with Crippen molar-refractivity contribution in [2.24, 2.45) is 0 Å². The molecule has 0 bridgehead atoms. The van der Waals surface area contributed by atoms with Crippen molar-refractivity contribution in [2.75, 3.05) is 12.4 Å². The lowest BCUT2D eigenvalue weighted by Crippen LogP contribution is -2.44. The van der Waals surface area contributed by atoms with Gasteiger partial charge in [0.25, 0.3) is 0 Å². The summed E-state index contributed by atoms with van der Waals surface area (Å²) in [5.74, 6) is 0.128. The Balaban J connectivity index is 2.41. The van der Waals surface area contributed by atoms with Crippen LogP contribution in [0.15, 0.2) is 0 Å². The molecule has 5 heteroatoms. The van der Waals surface area contributed by atoms with Crippen LogP contribution >= 0.6 is 0 Å². The third-order valence-corrected chi connectivity index (χ3v) is 4.56. The quantitative estimate of drug-likeness (QED) is 0.675. The average molecular weight is 235 g/mol. The molecule has 1 aliphatic rings. The van der Waals surface area contributed by atoms with E-state index in [4.69, 9.17) is 5.11 Å². The summed E-state index contributed by atoms with van der Waals surface area (Å²) < 4.78 is 26.1. The largest absolute Gasteiger partial charge is 0.396 e. The van der Waals surface area contributed by atoms with Crippen molar-refractivity contribution in [1.82, 2.24) is 4.72 Å².